The van der Waals surface area contributed by atoms with Crippen LogP contribution in [0.3, 0.4) is 0 Å². The monoisotopic (exact) mass is 497 g/mol. The molecule has 0 spiro atoms. The van der Waals surface area contributed by atoms with E-state index in [1.165, 1.54) is 4.90 Å². The molecule has 1 aliphatic rings. The highest BCUT2D eigenvalue weighted by molar-refractivity contribution is 7.80. The fourth-order valence-corrected chi connectivity index (χ4v) is 4.76. The molecule has 1 aliphatic heterocycles. The van der Waals surface area contributed by atoms with Crippen molar-refractivity contribution in [2.45, 2.75) is 27.7 Å². The smallest absolute Gasteiger partial charge is 0.270 e. The number of halogens is 2. The van der Waals surface area contributed by atoms with Gasteiger partial charge in [0, 0.05) is 11.4 Å². The molecule has 0 aliphatic carbocycles. The highest BCUT2D eigenvalue weighted by atomic mass is 35.5. The van der Waals surface area contributed by atoms with Gasteiger partial charge >= 0.3 is 0 Å². The van der Waals surface area contributed by atoms with Gasteiger partial charge in [-0.2, -0.15) is 0 Å². The summed E-state index contributed by atoms with van der Waals surface area (Å²) in [6.07, 6.45) is 1.59. The molecule has 0 radical (unpaired) electrons. The Morgan fingerprint density at radius 3 is 2.30 bits per heavy atom. The third kappa shape index (κ3) is 4.22. The predicted molar refractivity (Wildman–Crippen MR) is 137 cm³/mol. The van der Waals surface area contributed by atoms with Gasteiger partial charge in [-0.25, -0.2) is 0 Å². The first kappa shape index (κ1) is 23.2. The SMILES string of the molecule is Cc1cc(C)cc(N2C(=O)/C(=C/c3cc(C)n(-c4cccc(Cl)c4Cl)c3C)C(=O)NC2=S)c1. The molecule has 8 heteroatoms. The van der Waals surface area contributed by atoms with Crippen LogP contribution in [0.4, 0.5) is 5.69 Å². The van der Waals surface area contributed by atoms with Gasteiger partial charge in [-0.1, -0.05) is 35.3 Å². The minimum Gasteiger partial charge on any atom is -0.316 e. The zero-order valence-electron chi connectivity index (χ0n) is 18.5. The largest absolute Gasteiger partial charge is 0.316 e. The second-order valence-electron chi connectivity index (χ2n) is 8.04. The van der Waals surface area contributed by atoms with Crippen LogP contribution in [0.5, 0.6) is 0 Å². The summed E-state index contributed by atoms with van der Waals surface area (Å²) in [7, 11) is 0. The zero-order valence-corrected chi connectivity index (χ0v) is 20.8. The van der Waals surface area contributed by atoms with E-state index in [2.05, 4.69) is 5.32 Å². The first-order valence-corrected chi connectivity index (χ1v) is 11.4. The molecule has 2 amide bonds. The molecule has 168 valence electrons. The van der Waals surface area contributed by atoms with Crippen LogP contribution in [0.2, 0.25) is 10.0 Å². The van der Waals surface area contributed by atoms with Gasteiger partial charge in [0.2, 0.25) is 0 Å². The first-order valence-electron chi connectivity index (χ1n) is 10.2. The van der Waals surface area contributed by atoms with Gasteiger partial charge in [-0.15, -0.1) is 0 Å². The number of carbonyl (C=O) groups excluding carboxylic acids is 2. The minimum absolute atomic E-state index is 0.000185. The maximum Gasteiger partial charge on any atom is 0.270 e. The van der Waals surface area contributed by atoms with Gasteiger partial charge in [0.1, 0.15) is 5.57 Å². The summed E-state index contributed by atoms with van der Waals surface area (Å²) in [6.45, 7) is 7.71. The molecule has 33 heavy (non-hydrogen) atoms. The summed E-state index contributed by atoms with van der Waals surface area (Å²) >= 11 is 18.0. The molecule has 1 saturated heterocycles. The van der Waals surface area contributed by atoms with Gasteiger partial charge < -0.3 is 4.57 Å². The fourth-order valence-electron chi connectivity index (χ4n) is 4.10. The Bertz CT molecular complexity index is 1350. The molecule has 0 atom stereocenters. The molecule has 2 aromatic carbocycles. The number of rotatable bonds is 3. The number of nitrogens with one attached hydrogen (secondary N) is 1. The molecule has 5 nitrogen and oxygen atoms in total. The maximum absolute atomic E-state index is 13.4. The van der Waals surface area contributed by atoms with Crippen LogP contribution < -0.4 is 10.2 Å². The summed E-state index contributed by atoms with van der Waals surface area (Å²) in [6, 6.07) is 13.0. The van der Waals surface area contributed by atoms with Crippen LogP contribution in [-0.2, 0) is 9.59 Å². The number of hydrogen-bond donors (Lipinski definition) is 1. The molecular formula is C25H21Cl2N3O2S. The lowest BCUT2D eigenvalue weighted by Crippen LogP contribution is -2.54. The van der Waals surface area contributed by atoms with Crippen molar-refractivity contribution in [1.29, 1.82) is 0 Å². The van der Waals surface area contributed by atoms with Crippen molar-refractivity contribution < 1.29 is 9.59 Å². The topological polar surface area (TPSA) is 54.3 Å². The van der Waals surface area contributed by atoms with Crippen molar-refractivity contribution >= 4 is 64.1 Å². The number of amides is 2. The molecule has 1 aromatic heterocycles. The Kier molecular flexibility index (Phi) is 6.18. The normalized spacial score (nSPS) is 15.4. The van der Waals surface area contributed by atoms with Crippen LogP contribution >= 0.6 is 35.4 Å². The zero-order chi connectivity index (χ0) is 24.0. The van der Waals surface area contributed by atoms with E-state index >= 15 is 0 Å². The Balaban J connectivity index is 1.80. The molecule has 1 fully saturated rings. The van der Waals surface area contributed by atoms with Crippen molar-refractivity contribution in [3.05, 3.63) is 86.2 Å². The molecular weight excluding hydrogens is 477 g/mol. The lowest BCUT2D eigenvalue weighted by Gasteiger charge is -2.29. The van der Waals surface area contributed by atoms with Crippen LogP contribution in [0.1, 0.15) is 28.1 Å². The van der Waals surface area contributed by atoms with Gasteiger partial charge in [-0.3, -0.25) is 19.8 Å². The van der Waals surface area contributed by atoms with Crippen LogP contribution in [-0.4, -0.2) is 21.5 Å². The first-order chi connectivity index (χ1) is 15.6. The van der Waals surface area contributed by atoms with E-state index in [1.807, 2.05) is 68.7 Å². The average Bonchev–Trinajstić information content (AvgIpc) is 2.99. The second-order valence-corrected chi connectivity index (χ2v) is 9.21. The number of carbonyl (C=O) groups is 2. The van der Waals surface area contributed by atoms with E-state index in [1.54, 1.807) is 12.1 Å². The molecule has 3 aromatic rings. The van der Waals surface area contributed by atoms with Gasteiger partial charge in [0.25, 0.3) is 11.8 Å². The third-order valence-corrected chi connectivity index (χ3v) is 6.60. The number of aryl methyl sites for hydroxylation is 3. The number of nitrogens with zero attached hydrogens (tertiary/aromatic N) is 2. The van der Waals surface area contributed by atoms with Gasteiger partial charge in [-0.05, 0) is 93.0 Å². The second kappa shape index (κ2) is 8.78. The molecule has 0 unspecified atom stereocenters. The molecule has 1 N–H and O–H groups in total. The molecule has 4 rings (SSSR count). The number of anilines is 1. The highest BCUT2D eigenvalue weighted by Gasteiger charge is 2.35. The van der Waals surface area contributed by atoms with Crippen LogP contribution in [0.15, 0.2) is 48.0 Å². The molecule has 0 saturated carbocycles. The summed E-state index contributed by atoms with van der Waals surface area (Å²) in [5.41, 5.74) is 5.74. The predicted octanol–water partition coefficient (Wildman–Crippen LogP) is 5.85. The van der Waals surface area contributed by atoms with Crippen LogP contribution in [0.25, 0.3) is 11.8 Å². The summed E-state index contributed by atoms with van der Waals surface area (Å²) in [4.78, 5) is 27.5. The standard InChI is InChI=1S/C25H21Cl2N3O2S/c1-13-8-14(2)10-18(9-13)30-24(32)19(23(31)28-25(30)33)12-17-11-15(3)29(16(17)4)21-7-5-6-20(26)22(21)27/h5-12H,1-4H3,(H,28,31,33)/b19-12+. The van der Waals surface area contributed by atoms with Crippen molar-refractivity contribution in [1.82, 2.24) is 9.88 Å². The van der Waals surface area contributed by atoms with E-state index in [0.29, 0.717) is 15.7 Å². The quantitative estimate of drug-likeness (QED) is 0.280. The van der Waals surface area contributed by atoms with Crippen molar-refractivity contribution in [2.75, 3.05) is 4.90 Å². The maximum atomic E-state index is 13.4. The summed E-state index contributed by atoms with van der Waals surface area (Å²) in [5.74, 6) is -1.00. The van der Waals surface area contributed by atoms with Crippen molar-refractivity contribution in [3.8, 4) is 5.69 Å². The summed E-state index contributed by atoms with van der Waals surface area (Å²) < 4.78 is 1.94. The number of aromatic nitrogens is 1. The van der Waals surface area contributed by atoms with Crippen LogP contribution in [0, 0.1) is 27.7 Å². The summed E-state index contributed by atoms with van der Waals surface area (Å²) in [5, 5.41) is 3.57. The fraction of sp³-hybridized carbons (Fsp3) is 0.160. The number of benzene rings is 2. The highest BCUT2D eigenvalue weighted by Crippen LogP contribution is 2.32. The molecule has 0 bridgehead atoms. The van der Waals surface area contributed by atoms with E-state index in [4.69, 9.17) is 35.4 Å². The Hall–Kier alpha value is -2.93. The third-order valence-electron chi connectivity index (χ3n) is 5.51. The number of hydrogen-bond acceptors (Lipinski definition) is 3. The minimum atomic E-state index is -0.531. The Morgan fingerprint density at radius 1 is 0.970 bits per heavy atom. The van der Waals surface area contributed by atoms with E-state index in [9.17, 15) is 9.59 Å². The Morgan fingerprint density at radius 2 is 1.64 bits per heavy atom. The van der Waals surface area contributed by atoms with E-state index in [-0.39, 0.29) is 10.7 Å². The lowest BCUT2D eigenvalue weighted by molar-refractivity contribution is -0.122. The Labute approximate surface area is 207 Å². The van der Waals surface area contributed by atoms with Crippen molar-refractivity contribution in [2.24, 2.45) is 0 Å². The van der Waals surface area contributed by atoms with E-state index < -0.39 is 11.8 Å². The number of thiocarbonyl (C=S) groups is 1. The lowest BCUT2D eigenvalue weighted by atomic mass is 10.1. The van der Waals surface area contributed by atoms with Gasteiger partial charge in [0.05, 0.1) is 21.4 Å². The van der Waals surface area contributed by atoms with Gasteiger partial charge in [0.15, 0.2) is 5.11 Å². The molecule has 2 heterocycles. The van der Waals surface area contributed by atoms with E-state index in [0.717, 1.165) is 33.8 Å². The van der Waals surface area contributed by atoms with Crippen molar-refractivity contribution in [3.63, 3.8) is 0 Å². The average molecular weight is 498 g/mol.